The highest BCUT2D eigenvalue weighted by Crippen LogP contribution is 2.26. The van der Waals surface area contributed by atoms with Gasteiger partial charge in [-0.2, -0.15) is 0 Å². The number of carbonyl (C=O) groups excluding carboxylic acids is 1. The molecule has 1 aromatic heterocycles. The number of carbonyl (C=O) groups is 1. The van der Waals surface area contributed by atoms with Crippen LogP contribution in [0.15, 0.2) is 66.3 Å². The average molecular weight is 461 g/mol. The number of aromatic nitrogens is 3. The summed E-state index contributed by atoms with van der Waals surface area (Å²) in [7, 11) is 0. The number of nitrogens with zero attached hydrogens (tertiary/aromatic N) is 3. The first-order valence-electron chi connectivity index (χ1n) is 9.56. The number of amides is 1. The summed E-state index contributed by atoms with van der Waals surface area (Å²) in [6.45, 7) is 6.24. The Hall–Kier alpha value is -2.84. The lowest BCUT2D eigenvalue weighted by Gasteiger charge is -2.14. The van der Waals surface area contributed by atoms with Gasteiger partial charge in [0.1, 0.15) is 18.2 Å². The summed E-state index contributed by atoms with van der Waals surface area (Å²) < 4.78 is 20.7. The number of benzene rings is 2. The van der Waals surface area contributed by atoms with E-state index in [0.717, 1.165) is 5.56 Å². The molecule has 1 unspecified atom stereocenters. The summed E-state index contributed by atoms with van der Waals surface area (Å²) in [5.41, 5.74) is 1.04. The summed E-state index contributed by atoms with van der Waals surface area (Å²) in [5.74, 6) is 0.536. The second-order valence-corrected chi connectivity index (χ2v) is 8.00. The van der Waals surface area contributed by atoms with Crippen molar-refractivity contribution in [2.75, 3.05) is 5.75 Å². The monoisotopic (exact) mass is 460 g/mol. The van der Waals surface area contributed by atoms with Crippen molar-refractivity contribution in [2.24, 2.45) is 0 Å². The quantitative estimate of drug-likeness (QED) is 0.347. The number of thioether (sulfide) groups is 1. The molecule has 0 aliphatic heterocycles. The van der Waals surface area contributed by atoms with Gasteiger partial charge in [0, 0.05) is 6.54 Å². The molecule has 3 aromatic rings. The maximum atomic E-state index is 13.2. The number of ether oxygens (including phenoxy) is 1. The van der Waals surface area contributed by atoms with Crippen molar-refractivity contribution in [3.8, 4) is 5.75 Å². The normalized spacial score (nSPS) is 11.7. The largest absolute Gasteiger partial charge is 0.484 e. The Labute approximate surface area is 189 Å². The van der Waals surface area contributed by atoms with Crippen LogP contribution in [0.2, 0.25) is 5.02 Å². The Morgan fingerprint density at radius 2 is 2.10 bits per heavy atom. The van der Waals surface area contributed by atoms with E-state index in [4.69, 9.17) is 16.3 Å². The van der Waals surface area contributed by atoms with E-state index in [1.807, 2.05) is 41.8 Å². The Balaban J connectivity index is 1.60. The highest BCUT2D eigenvalue weighted by atomic mass is 35.5. The van der Waals surface area contributed by atoms with Crippen molar-refractivity contribution in [1.82, 2.24) is 20.1 Å². The van der Waals surface area contributed by atoms with E-state index in [0.29, 0.717) is 23.3 Å². The molecule has 1 N–H and O–H groups in total. The van der Waals surface area contributed by atoms with Gasteiger partial charge in [0.25, 0.3) is 0 Å². The fraction of sp³-hybridized carbons (Fsp3) is 0.227. The minimum absolute atomic E-state index is 0.0873. The minimum Gasteiger partial charge on any atom is -0.484 e. The molecular weight excluding hydrogens is 439 g/mol. The van der Waals surface area contributed by atoms with E-state index >= 15 is 0 Å². The van der Waals surface area contributed by atoms with E-state index in [9.17, 15) is 9.18 Å². The summed E-state index contributed by atoms with van der Waals surface area (Å²) >= 11 is 7.28. The maximum Gasteiger partial charge on any atom is 0.230 e. The molecule has 0 bridgehead atoms. The molecule has 1 amide bonds. The third-order valence-electron chi connectivity index (χ3n) is 4.37. The fourth-order valence-electron chi connectivity index (χ4n) is 2.82. The Morgan fingerprint density at radius 1 is 1.32 bits per heavy atom. The molecule has 0 aliphatic carbocycles. The van der Waals surface area contributed by atoms with E-state index in [1.54, 1.807) is 6.08 Å². The first-order chi connectivity index (χ1) is 15.0. The fourth-order valence-corrected chi connectivity index (χ4v) is 3.82. The van der Waals surface area contributed by atoms with Crippen LogP contribution in [-0.4, -0.2) is 26.4 Å². The number of hydrogen-bond acceptors (Lipinski definition) is 5. The molecule has 0 fully saturated rings. The van der Waals surface area contributed by atoms with Gasteiger partial charge in [-0.1, -0.05) is 59.8 Å². The molecular formula is C22H22ClFN4O2S. The van der Waals surface area contributed by atoms with Gasteiger partial charge in [0.05, 0.1) is 16.8 Å². The van der Waals surface area contributed by atoms with Gasteiger partial charge in [0.15, 0.2) is 11.0 Å². The molecule has 0 aliphatic rings. The van der Waals surface area contributed by atoms with Crippen molar-refractivity contribution in [1.29, 1.82) is 0 Å². The molecule has 0 saturated carbocycles. The number of nitrogens with one attached hydrogen (secondary N) is 1. The van der Waals surface area contributed by atoms with Crippen molar-refractivity contribution >= 4 is 29.3 Å². The Morgan fingerprint density at radius 3 is 2.81 bits per heavy atom. The molecule has 0 radical (unpaired) electrons. The van der Waals surface area contributed by atoms with Crippen molar-refractivity contribution in [3.05, 3.63) is 83.4 Å². The van der Waals surface area contributed by atoms with Crippen LogP contribution >= 0.6 is 23.4 Å². The smallest absolute Gasteiger partial charge is 0.230 e. The Bertz CT molecular complexity index is 1050. The van der Waals surface area contributed by atoms with E-state index in [-0.39, 0.29) is 29.3 Å². The molecule has 1 heterocycles. The van der Waals surface area contributed by atoms with Crippen LogP contribution < -0.4 is 10.1 Å². The zero-order valence-electron chi connectivity index (χ0n) is 16.9. The average Bonchev–Trinajstić information content (AvgIpc) is 3.14. The maximum absolute atomic E-state index is 13.2. The van der Waals surface area contributed by atoms with Crippen LogP contribution in [0.3, 0.4) is 0 Å². The summed E-state index contributed by atoms with van der Waals surface area (Å²) in [6.07, 6.45) is 1.71. The van der Waals surface area contributed by atoms with Crippen LogP contribution in [0.1, 0.15) is 24.4 Å². The van der Waals surface area contributed by atoms with Gasteiger partial charge in [-0.3, -0.25) is 9.36 Å². The number of allylic oxidation sites excluding steroid dienone is 1. The minimum atomic E-state index is -0.439. The standard InChI is InChI=1S/C22H22ClFN4O2S/c1-3-11-28-20(13-30-19-10-9-17(24)12-18(19)23)26-27-22(28)31-14-21(29)25-15(2)16-7-5-4-6-8-16/h3-10,12,15H,1,11,13-14H2,2H3,(H,25,29). The molecule has 3 rings (SSSR count). The van der Waals surface area contributed by atoms with E-state index in [2.05, 4.69) is 22.1 Å². The Kier molecular flexibility index (Phi) is 8.08. The van der Waals surface area contributed by atoms with Crippen LogP contribution in [0.5, 0.6) is 5.75 Å². The van der Waals surface area contributed by atoms with Crippen LogP contribution in [0.25, 0.3) is 0 Å². The molecule has 0 saturated heterocycles. The predicted octanol–water partition coefficient (Wildman–Crippen LogP) is 4.81. The van der Waals surface area contributed by atoms with Crippen molar-refractivity contribution in [3.63, 3.8) is 0 Å². The summed E-state index contributed by atoms with van der Waals surface area (Å²) in [4.78, 5) is 12.4. The van der Waals surface area contributed by atoms with Gasteiger partial charge < -0.3 is 10.1 Å². The highest BCUT2D eigenvalue weighted by Gasteiger charge is 2.16. The highest BCUT2D eigenvalue weighted by molar-refractivity contribution is 7.99. The number of halogens is 2. The number of hydrogen-bond donors (Lipinski definition) is 1. The zero-order chi connectivity index (χ0) is 22.2. The molecule has 6 nitrogen and oxygen atoms in total. The first kappa shape index (κ1) is 22.8. The molecule has 9 heteroatoms. The molecule has 2 aromatic carbocycles. The SMILES string of the molecule is C=CCn1c(COc2ccc(F)cc2Cl)nnc1SCC(=O)NC(C)c1ccccc1. The van der Waals surface area contributed by atoms with Crippen molar-refractivity contribution in [2.45, 2.75) is 31.3 Å². The second-order valence-electron chi connectivity index (χ2n) is 6.65. The van der Waals surface area contributed by atoms with Crippen LogP contribution in [0.4, 0.5) is 4.39 Å². The molecule has 0 spiro atoms. The van der Waals surface area contributed by atoms with Gasteiger partial charge in [-0.25, -0.2) is 4.39 Å². The number of rotatable bonds is 10. The lowest BCUT2D eigenvalue weighted by molar-refractivity contribution is -0.119. The summed E-state index contributed by atoms with van der Waals surface area (Å²) in [6, 6.07) is 13.6. The third-order valence-corrected chi connectivity index (χ3v) is 5.63. The van der Waals surface area contributed by atoms with Gasteiger partial charge in [-0.15, -0.1) is 16.8 Å². The topological polar surface area (TPSA) is 69.0 Å². The van der Waals surface area contributed by atoms with Crippen LogP contribution in [0, 0.1) is 5.82 Å². The van der Waals surface area contributed by atoms with E-state index in [1.165, 1.54) is 30.0 Å². The van der Waals surface area contributed by atoms with E-state index < -0.39 is 5.82 Å². The van der Waals surface area contributed by atoms with Crippen molar-refractivity contribution < 1.29 is 13.9 Å². The van der Waals surface area contributed by atoms with Gasteiger partial charge in [0.2, 0.25) is 5.91 Å². The third kappa shape index (κ3) is 6.32. The van der Waals surface area contributed by atoms with Gasteiger partial charge >= 0.3 is 0 Å². The zero-order valence-corrected chi connectivity index (χ0v) is 18.5. The lowest BCUT2D eigenvalue weighted by atomic mass is 10.1. The first-order valence-corrected chi connectivity index (χ1v) is 10.9. The van der Waals surface area contributed by atoms with Crippen LogP contribution in [-0.2, 0) is 17.9 Å². The molecule has 1 atom stereocenters. The van der Waals surface area contributed by atoms with Gasteiger partial charge in [-0.05, 0) is 30.7 Å². The molecule has 162 valence electrons. The lowest BCUT2D eigenvalue weighted by Crippen LogP contribution is -2.28. The molecule has 31 heavy (non-hydrogen) atoms. The predicted molar refractivity (Wildman–Crippen MR) is 120 cm³/mol. The summed E-state index contributed by atoms with van der Waals surface area (Å²) in [5, 5.41) is 12.0. The second kappa shape index (κ2) is 11.0.